The number of rotatable bonds is 12. The van der Waals surface area contributed by atoms with Crippen LogP contribution < -0.4 is 15.6 Å². The van der Waals surface area contributed by atoms with Crippen molar-refractivity contribution >= 4 is 51.7 Å². The Morgan fingerprint density at radius 3 is 2.55 bits per heavy atom. The molecule has 4 rings (SSSR count). The molecular formula is C29H34N4O3S2. The number of methoxy groups -OCH3 is 1. The second kappa shape index (κ2) is 13.1. The quantitative estimate of drug-likeness (QED) is 0.164. The van der Waals surface area contributed by atoms with Crippen molar-refractivity contribution in [2.45, 2.75) is 58.9 Å². The predicted molar refractivity (Wildman–Crippen MR) is 160 cm³/mol. The van der Waals surface area contributed by atoms with Crippen LogP contribution in [0.1, 0.15) is 62.1 Å². The maximum Gasteiger partial charge on any atom is 0.267 e. The number of ether oxygens (including phenoxy) is 1. The first-order valence-corrected chi connectivity index (χ1v) is 14.3. The number of hydrogen-bond donors (Lipinski definition) is 1. The number of nitrogens with one attached hydrogen (secondary N) is 1. The third-order valence-electron chi connectivity index (χ3n) is 6.56. The van der Waals surface area contributed by atoms with Crippen molar-refractivity contribution < 1.29 is 9.53 Å². The van der Waals surface area contributed by atoms with E-state index in [1.807, 2.05) is 43.3 Å². The topological polar surface area (TPSA) is 75.9 Å². The number of aryl methyl sites for hydroxylation is 1. The van der Waals surface area contributed by atoms with Crippen LogP contribution in [-0.2, 0) is 11.3 Å². The highest BCUT2D eigenvalue weighted by Crippen LogP contribution is 2.34. The summed E-state index contributed by atoms with van der Waals surface area (Å²) in [6.45, 7) is 5.20. The van der Waals surface area contributed by atoms with E-state index in [1.165, 1.54) is 41.8 Å². The zero-order valence-electron chi connectivity index (χ0n) is 22.2. The molecular weight excluding hydrogens is 516 g/mol. The van der Waals surface area contributed by atoms with E-state index in [4.69, 9.17) is 21.9 Å². The summed E-state index contributed by atoms with van der Waals surface area (Å²) in [5.41, 5.74) is 2.60. The Kier molecular flexibility index (Phi) is 9.58. The molecule has 200 valence electrons. The molecule has 1 aliphatic heterocycles. The highest BCUT2D eigenvalue weighted by Gasteiger charge is 2.32. The molecule has 1 amide bonds. The van der Waals surface area contributed by atoms with E-state index in [0.717, 1.165) is 29.7 Å². The number of anilines is 1. The zero-order chi connectivity index (χ0) is 27.1. The van der Waals surface area contributed by atoms with E-state index in [-0.39, 0.29) is 11.5 Å². The van der Waals surface area contributed by atoms with Crippen molar-refractivity contribution in [3.8, 4) is 5.75 Å². The van der Waals surface area contributed by atoms with Gasteiger partial charge in [0.2, 0.25) is 0 Å². The van der Waals surface area contributed by atoms with Gasteiger partial charge in [-0.15, -0.1) is 0 Å². The van der Waals surface area contributed by atoms with E-state index in [9.17, 15) is 9.59 Å². The molecule has 2 aromatic heterocycles. The number of thioether (sulfide) groups is 1. The fraction of sp³-hybridized carbons (Fsp3) is 0.379. The standard InChI is InChI=1S/C29H34N4O3S2/c1-4-5-6-7-8-9-16-30-25-23(27(34)32-17-10-11-20(2)26(32)31-25)18-24-28(35)33(29(37)38-24)19-21-12-14-22(36-3)15-13-21/h10-15,17-18,30H,4-9,16,19H2,1-3H3/b24-18-. The van der Waals surface area contributed by atoms with Crippen molar-refractivity contribution in [2.75, 3.05) is 19.0 Å². The molecule has 1 N–H and O–H groups in total. The smallest absolute Gasteiger partial charge is 0.267 e. The van der Waals surface area contributed by atoms with Gasteiger partial charge in [0, 0.05) is 12.7 Å². The van der Waals surface area contributed by atoms with Gasteiger partial charge in [-0.05, 0) is 48.7 Å². The van der Waals surface area contributed by atoms with E-state index in [1.54, 1.807) is 24.3 Å². The fourth-order valence-electron chi connectivity index (χ4n) is 4.37. The second-order valence-corrected chi connectivity index (χ2v) is 11.1. The first kappa shape index (κ1) is 27.9. The molecule has 3 aromatic rings. The maximum absolute atomic E-state index is 13.6. The van der Waals surface area contributed by atoms with Gasteiger partial charge >= 0.3 is 0 Å². The Labute approximate surface area is 233 Å². The molecule has 0 aliphatic carbocycles. The lowest BCUT2D eigenvalue weighted by Gasteiger charge is -2.15. The van der Waals surface area contributed by atoms with Gasteiger partial charge in [-0.3, -0.25) is 18.9 Å². The van der Waals surface area contributed by atoms with E-state index < -0.39 is 0 Å². The van der Waals surface area contributed by atoms with Gasteiger partial charge in [0.1, 0.15) is 21.5 Å². The van der Waals surface area contributed by atoms with E-state index >= 15 is 0 Å². The number of nitrogens with zero attached hydrogens (tertiary/aromatic N) is 3. The molecule has 0 spiro atoms. The number of fused-ring (bicyclic) bond motifs is 1. The lowest BCUT2D eigenvalue weighted by molar-refractivity contribution is -0.122. The van der Waals surface area contributed by atoms with Crippen molar-refractivity contribution in [1.29, 1.82) is 0 Å². The summed E-state index contributed by atoms with van der Waals surface area (Å²) in [5.74, 6) is 1.03. The van der Waals surface area contributed by atoms with Crippen LogP contribution in [0.15, 0.2) is 52.3 Å². The van der Waals surface area contributed by atoms with Crippen LogP contribution in [0.4, 0.5) is 5.82 Å². The van der Waals surface area contributed by atoms with Crippen LogP contribution in [0, 0.1) is 6.92 Å². The highest BCUT2D eigenvalue weighted by molar-refractivity contribution is 8.26. The van der Waals surface area contributed by atoms with Gasteiger partial charge < -0.3 is 10.1 Å². The van der Waals surface area contributed by atoms with Gasteiger partial charge in [0.05, 0.1) is 24.1 Å². The minimum atomic E-state index is -0.218. The second-order valence-electron chi connectivity index (χ2n) is 9.37. The number of hydrogen-bond acceptors (Lipinski definition) is 7. The number of benzene rings is 1. The van der Waals surface area contributed by atoms with Crippen molar-refractivity contribution in [2.24, 2.45) is 0 Å². The van der Waals surface area contributed by atoms with Crippen LogP contribution in [-0.4, -0.2) is 38.2 Å². The van der Waals surface area contributed by atoms with Crippen molar-refractivity contribution in [1.82, 2.24) is 14.3 Å². The number of unbranched alkanes of at least 4 members (excludes halogenated alkanes) is 5. The molecule has 3 heterocycles. The summed E-state index contributed by atoms with van der Waals surface area (Å²) in [6, 6.07) is 11.3. The van der Waals surface area contributed by atoms with Crippen LogP contribution in [0.25, 0.3) is 11.7 Å². The summed E-state index contributed by atoms with van der Waals surface area (Å²) >= 11 is 6.75. The molecule has 7 nitrogen and oxygen atoms in total. The minimum Gasteiger partial charge on any atom is -0.497 e. The molecule has 9 heteroatoms. The molecule has 1 saturated heterocycles. The summed E-state index contributed by atoms with van der Waals surface area (Å²) < 4.78 is 7.22. The lowest BCUT2D eigenvalue weighted by Crippen LogP contribution is -2.27. The number of aromatic nitrogens is 2. The summed E-state index contributed by atoms with van der Waals surface area (Å²) in [5, 5.41) is 3.38. The van der Waals surface area contributed by atoms with E-state index in [0.29, 0.717) is 39.3 Å². The summed E-state index contributed by atoms with van der Waals surface area (Å²) in [4.78, 5) is 33.7. The Morgan fingerprint density at radius 1 is 1.08 bits per heavy atom. The van der Waals surface area contributed by atoms with Crippen LogP contribution in [0.3, 0.4) is 0 Å². The Balaban J connectivity index is 1.59. The SMILES string of the molecule is CCCCCCCCNc1nc2c(C)cccn2c(=O)c1/C=C1\SC(=S)N(Cc2ccc(OC)cc2)C1=O. The number of carbonyl (C=O) groups excluding carboxylic acids is 1. The van der Waals surface area contributed by atoms with Crippen LogP contribution in [0.2, 0.25) is 0 Å². The normalized spacial score (nSPS) is 14.6. The average Bonchev–Trinajstić information content (AvgIpc) is 3.18. The van der Waals surface area contributed by atoms with Crippen molar-refractivity contribution in [3.63, 3.8) is 0 Å². The minimum absolute atomic E-state index is 0.216. The molecule has 1 fully saturated rings. The maximum atomic E-state index is 13.6. The van der Waals surface area contributed by atoms with Gasteiger partial charge in [-0.2, -0.15) is 0 Å². The van der Waals surface area contributed by atoms with Crippen LogP contribution in [0.5, 0.6) is 5.75 Å². The van der Waals surface area contributed by atoms with E-state index in [2.05, 4.69) is 12.2 Å². The highest BCUT2D eigenvalue weighted by atomic mass is 32.2. The Morgan fingerprint density at radius 2 is 1.82 bits per heavy atom. The molecule has 1 aromatic carbocycles. The third kappa shape index (κ3) is 6.45. The van der Waals surface area contributed by atoms with Gasteiger partial charge in [-0.25, -0.2) is 4.98 Å². The summed E-state index contributed by atoms with van der Waals surface area (Å²) in [7, 11) is 1.62. The molecule has 1 aliphatic rings. The first-order valence-electron chi connectivity index (χ1n) is 13.1. The molecule has 0 atom stereocenters. The van der Waals surface area contributed by atoms with Gasteiger partial charge in [-0.1, -0.05) is 81.2 Å². The molecule has 0 unspecified atom stereocenters. The number of thiocarbonyl (C=S) groups is 1. The third-order valence-corrected chi connectivity index (χ3v) is 7.93. The Hall–Kier alpha value is -3.17. The number of amides is 1. The Bertz CT molecular complexity index is 1400. The number of pyridine rings is 1. The molecule has 38 heavy (non-hydrogen) atoms. The van der Waals surface area contributed by atoms with Crippen molar-refractivity contribution in [3.05, 3.63) is 74.5 Å². The van der Waals surface area contributed by atoms with Gasteiger partial charge in [0.15, 0.2) is 0 Å². The molecule has 0 saturated carbocycles. The largest absolute Gasteiger partial charge is 0.497 e. The van der Waals surface area contributed by atoms with Crippen LogP contribution >= 0.6 is 24.0 Å². The number of carbonyl (C=O) groups is 1. The molecule has 0 radical (unpaired) electrons. The zero-order valence-corrected chi connectivity index (χ0v) is 23.8. The summed E-state index contributed by atoms with van der Waals surface area (Å²) in [6.07, 6.45) is 10.4. The monoisotopic (exact) mass is 550 g/mol. The predicted octanol–water partition coefficient (Wildman–Crippen LogP) is 6.19. The van der Waals surface area contributed by atoms with Gasteiger partial charge in [0.25, 0.3) is 11.5 Å². The molecule has 0 bridgehead atoms. The lowest BCUT2D eigenvalue weighted by atomic mass is 10.1. The first-order chi connectivity index (χ1) is 18.4. The fourth-order valence-corrected chi connectivity index (χ4v) is 5.61. The average molecular weight is 551 g/mol.